The molecule has 1 aliphatic carbocycles. The Morgan fingerprint density at radius 2 is 2.09 bits per heavy atom. The summed E-state index contributed by atoms with van der Waals surface area (Å²) in [4.78, 5) is 27.7. The molecule has 2 fully saturated rings. The minimum Gasteiger partial charge on any atom is -0.374 e. The van der Waals surface area contributed by atoms with Crippen LogP contribution in [0, 0.1) is 0 Å². The molecule has 2 aromatic heterocycles. The molecule has 3 heterocycles. The van der Waals surface area contributed by atoms with Gasteiger partial charge in [0.2, 0.25) is 0 Å². The zero-order chi connectivity index (χ0) is 15.6. The van der Waals surface area contributed by atoms with E-state index >= 15 is 0 Å². The number of carbonyl (C=O) groups is 1. The van der Waals surface area contributed by atoms with E-state index in [9.17, 15) is 4.79 Å². The highest BCUT2D eigenvalue weighted by Gasteiger charge is 2.37. The summed E-state index contributed by atoms with van der Waals surface area (Å²) < 4.78 is 5.84. The smallest absolute Gasteiger partial charge is 0.273 e. The molecule has 23 heavy (non-hydrogen) atoms. The van der Waals surface area contributed by atoms with Gasteiger partial charge in [-0.05, 0) is 18.9 Å². The molecule has 2 atom stereocenters. The fourth-order valence-corrected chi connectivity index (χ4v) is 4.12. The van der Waals surface area contributed by atoms with Gasteiger partial charge in [0.15, 0.2) is 10.8 Å². The highest BCUT2D eigenvalue weighted by Crippen LogP contribution is 2.30. The Hall–Kier alpha value is -1.86. The number of morpholine rings is 1. The number of ether oxygens (including phenoxy) is 1. The molecule has 1 aliphatic heterocycles. The minimum atomic E-state index is 0.00336. The van der Waals surface area contributed by atoms with Crippen LogP contribution in [0.3, 0.4) is 0 Å². The zero-order valence-electron chi connectivity index (χ0n) is 12.7. The number of nitrogens with zero attached hydrogens (tertiary/aromatic N) is 4. The monoisotopic (exact) mass is 330 g/mol. The van der Waals surface area contributed by atoms with Gasteiger partial charge in [0.05, 0.1) is 18.8 Å². The number of rotatable bonds is 2. The molecule has 0 unspecified atom stereocenters. The van der Waals surface area contributed by atoms with Crippen LogP contribution in [0.2, 0.25) is 0 Å². The predicted molar refractivity (Wildman–Crippen MR) is 86.2 cm³/mol. The number of thiazole rings is 1. The van der Waals surface area contributed by atoms with Crippen molar-refractivity contribution >= 4 is 17.2 Å². The molecule has 7 heteroatoms. The zero-order valence-corrected chi connectivity index (χ0v) is 13.5. The summed E-state index contributed by atoms with van der Waals surface area (Å²) in [5.41, 5.74) is 0.490. The van der Waals surface area contributed by atoms with Crippen LogP contribution in [-0.2, 0) is 4.74 Å². The van der Waals surface area contributed by atoms with E-state index in [1.54, 1.807) is 23.8 Å². The molecule has 0 bridgehead atoms. The first-order valence-corrected chi connectivity index (χ1v) is 8.86. The molecule has 1 saturated carbocycles. The predicted octanol–water partition coefficient (Wildman–Crippen LogP) is 2.38. The van der Waals surface area contributed by atoms with E-state index in [2.05, 4.69) is 15.0 Å². The minimum absolute atomic E-state index is 0.00336. The summed E-state index contributed by atoms with van der Waals surface area (Å²) in [6.45, 7) is 1.26. The van der Waals surface area contributed by atoms with Crippen LogP contribution in [0.5, 0.6) is 0 Å². The van der Waals surface area contributed by atoms with Crippen molar-refractivity contribution in [2.24, 2.45) is 0 Å². The van der Waals surface area contributed by atoms with Gasteiger partial charge >= 0.3 is 0 Å². The summed E-state index contributed by atoms with van der Waals surface area (Å²) >= 11 is 1.41. The molecule has 0 N–H and O–H groups in total. The van der Waals surface area contributed by atoms with E-state index in [-0.39, 0.29) is 18.1 Å². The Balaban J connectivity index is 1.56. The van der Waals surface area contributed by atoms with Crippen LogP contribution >= 0.6 is 11.3 Å². The fraction of sp³-hybridized carbons (Fsp3) is 0.500. The maximum Gasteiger partial charge on any atom is 0.273 e. The third-order valence-electron chi connectivity index (χ3n) is 4.47. The first-order chi connectivity index (χ1) is 11.3. The summed E-state index contributed by atoms with van der Waals surface area (Å²) in [5.74, 6) is 0.567. The third-order valence-corrected chi connectivity index (χ3v) is 5.31. The Kier molecular flexibility index (Phi) is 4.05. The van der Waals surface area contributed by atoms with Crippen molar-refractivity contribution in [3.63, 3.8) is 0 Å². The van der Waals surface area contributed by atoms with Gasteiger partial charge in [-0.2, -0.15) is 0 Å². The normalized spacial score (nSPS) is 24.3. The van der Waals surface area contributed by atoms with E-state index in [1.165, 1.54) is 17.8 Å². The van der Waals surface area contributed by atoms with E-state index < -0.39 is 0 Å². The maximum atomic E-state index is 12.9. The lowest BCUT2D eigenvalue weighted by atomic mass is 9.90. The van der Waals surface area contributed by atoms with Crippen molar-refractivity contribution < 1.29 is 9.53 Å². The van der Waals surface area contributed by atoms with Crippen LogP contribution in [0.15, 0.2) is 23.8 Å². The molecule has 2 aliphatic rings. The molecule has 0 radical (unpaired) electrons. The van der Waals surface area contributed by atoms with Gasteiger partial charge in [0, 0.05) is 24.3 Å². The second-order valence-corrected chi connectivity index (χ2v) is 6.73. The van der Waals surface area contributed by atoms with Crippen LogP contribution in [0.25, 0.3) is 10.8 Å². The third kappa shape index (κ3) is 2.86. The van der Waals surface area contributed by atoms with Crippen molar-refractivity contribution in [2.45, 2.75) is 37.8 Å². The summed E-state index contributed by atoms with van der Waals surface area (Å²) in [5, 5.41) is 2.49. The van der Waals surface area contributed by atoms with Gasteiger partial charge in [-0.1, -0.05) is 12.8 Å². The fourth-order valence-electron chi connectivity index (χ4n) is 3.38. The van der Waals surface area contributed by atoms with Gasteiger partial charge in [0.1, 0.15) is 5.69 Å². The number of hydrogen-bond donors (Lipinski definition) is 0. The summed E-state index contributed by atoms with van der Waals surface area (Å²) in [7, 11) is 0. The second kappa shape index (κ2) is 6.33. The molecule has 4 rings (SSSR count). The maximum absolute atomic E-state index is 12.9. The van der Waals surface area contributed by atoms with E-state index in [0.29, 0.717) is 29.7 Å². The quantitative estimate of drug-likeness (QED) is 0.846. The number of aromatic nitrogens is 3. The van der Waals surface area contributed by atoms with Gasteiger partial charge in [-0.25, -0.2) is 15.0 Å². The highest BCUT2D eigenvalue weighted by molar-refractivity contribution is 7.13. The average molecular weight is 330 g/mol. The molecular formula is C16H18N4O2S. The number of amides is 1. The average Bonchev–Trinajstić information content (AvgIpc) is 3.11. The molecule has 0 spiro atoms. The van der Waals surface area contributed by atoms with Crippen LogP contribution in [-0.4, -0.2) is 51.1 Å². The van der Waals surface area contributed by atoms with Crippen LogP contribution in [0.1, 0.15) is 36.2 Å². The second-order valence-electron chi connectivity index (χ2n) is 5.87. The largest absolute Gasteiger partial charge is 0.374 e. The van der Waals surface area contributed by atoms with Crippen molar-refractivity contribution in [3.8, 4) is 10.8 Å². The number of carbonyl (C=O) groups excluding carboxylic acids is 1. The molecule has 1 amide bonds. The van der Waals surface area contributed by atoms with Crippen molar-refractivity contribution in [2.75, 3.05) is 13.2 Å². The lowest BCUT2D eigenvalue weighted by Crippen LogP contribution is -2.54. The highest BCUT2D eigenvalue weighted by atomic mass is 32.1. The Morgan fingerprint density at radius 1 is 1.26 bits per heavy atom. The van der Waals surface area contributed by atoms with Crippen LogP contribution in [0.4, 0.5) is 0 Å². The summed E-state index contributed by atoms with van der Waals surface area (Å²) in [6.07, 6.45) is 7.98. The van der Waals surface area contributed by atoms with E-state index in [1.807, 2.05) is 4.90 Å². The van der Waals surface area contributed by atoms with Gasteiger partial charge < -0.3 is 9.64 Å². The molecule has 6 nitrogen and oxygen atoms in total. The number of hydrogen-bond acceptors (Lipinski definition) is 6. The standard InChI is InChI=1S/C16H18N4O2S/c21-16(20-8-9-22-13-5-2-1-4-12(13)20)11-10-23-15(19-11)14-17-6-3-7-18-14/h3,6-7,10,12-13H,1-2,4-5,8-9H2/t12-,13+/m0/s1. The van der Waals surface area contributed by atoms with Gasteiger partial charge in [-0.3, -0.25) is 4.79 Å². The summed E-state index contributed by atoms with van der Waals surface area (Å²) in [6, 6.07) is 1.96. The lowest BCUT2D eigenvalue weighted by Gasteiger charge is -2.43. The first-order valence-electron chi connectivity index (χ1n) is 7.98. The molecule has 1 saturated heterocycles. The Labute approximate surface area is 138 Å². The van der Waals surface area contributed by atoms with E-state index in [4.69, 9.17) is 4.74 Å². The Bertz CT molecular complexity index is 688. The van der Waals surface area contributed by atoms with E-state index in [0.717, 1.165) is 19.3 Å². The van der Waals surface area contributed by atoms with Gasteiger partial charge in [-0.15, -0.1) is 11.3 Å². The molecule has 0 aromatic carbocycles. The van der Waals surface area contributed by atoms with Crippen molar-refractivity contribution in [1.29, 1.82) is 0 Å². The van der Waals surface area contributed by atoms with Crippen molar-refractivity contribution in [1.82, 2.24) is 19.9 Å². The molecule has 120 valence electrons. The topological polar surface area (TPSA) is 68.2 Å². The SMILES string of the molecule is O=C(c1csc(-c2ncccn2)n1)N1CCO[C@@H]2CCCC[C@@H]21. The Morgan fingerprint density at radius 3 is 2.96 bits per heavy atom. The first kappa shape index (κ1) is 14.7. The number of fused-ring (bicyclic) bond motifs is 1. The van der Waals surface area contributed by atoms with Gasteiger partial charge in [0.25, 0.3) is 5.91 Å². The van der Waals surface area contributed by atoms with Crippen molar-refractivity contribution in [3.05, 3.63) is 29.5 Å². The van der Waals surface area contributed by atoms with Crippen LogP contribution < -0.4 is 0 Å². The molecule has 2 aromatic rings. The lowest BCUT2D eigenvalue weighted by molar-refractivity contribution is -0.0754. The molecular weight excluding hydrogens is 312 g/mol.